The average Bonchev–Trinajstić information content (AvgIpc) is 2.51. The second kappa shape index (κ2) is 3.14. The number of aliphatic hydroxyl groups is 1. The van der Waals surface area contributed by atoms with Gasteiger partial charge in [-0.25, -0.2) is 4.68 Å². The summed E-state index contributed by atoms with van der Waals surface area (Å²) >= 11 is 0. The number of amides is 1. The van der Waals surface area contributed by atoms with Crippen LogP contribution in [0.25, 0.3) is 0 Å². The lowest BCUT2D eigenvalue weighted by Crippen LogP contribution is -2.54. The Labute approximate surface area is 74.8 Å². The number of carbonyl (C=O) groups is 1. The Balaban J connectivity index is 1.86. The van der Waals surface area contributed by atoms with Gasteiger partial charge in [-0.1, -0.05) is 5.21 Å². The quantitative estimate of drug-likeness (QED) is 0.603. The van der Waals surface area contributed by atoms with Crippen molar-refractivity contribution in [3.63, 3.8) is 0 Å². The molecule has 0 bridgehead atoms. The lowest BCUT2D eigenvalue weighted by molar-refractivity contribution is -0.142. The number of aliphatic hydroxyl groups excluding tert-OH is 1. The second-order valence-corrected chi connectivity index (χ2v) is 3.05. The van der Waals surface area contributed by atoms with Crippen LogP contribution in [0.5, 0.6) is 0 Å². The highest BCUT2D eigenvalue weighted by Crippen LogP contribution is 2.07. The molecule has 1 aliphatic rings. The van der Waals surface area contributed by atoms with Crippen LogP contribution < -0.4 is 0 Å². The molecule has 2 rings (SSSR count). The molecule has 70 valence electrons. The predicted octanol–water partition coefficient (Wildman–Crippen LogP) is -1.52. The van der Waals surface area contributed by atoms with E-state index in [2.05, 4.69) is 10.3 Å². The number of likely N-dealkylation sites (tertiary alicyclic amines) is 1. The lowest BCUT2D eigenvalue weighted by Gasteiger charge is -2.35. The fourth-order valence-corrected chi connectivity index (χ4v) is 1.21. The van der Waals surface area contributed by atoms with Crippen LogP contribution in [0.2, 0.25) is 0 Å². The minimum Gasteiger partial charge on any atom is -0.389 e. The Kier molecular flexibility index (Phi) is 1.97. The van der Waals surface area contributed by atoms with Crippen LogP contribution >= 0.6 is 0 Å². The maximum Gasteiger partial charge on any atom is 0.244 e. The Bertz CT molecular complexity index is 291. The summed E-state index contributed by atoms with van der Waals surface area (Å²) in [7, 11) is 0. The molecule has 1 fully saturated rings. The highest BCUT2D eigenvalue weighted by molar-refractivity contribution is 5.76. The van der Waals surface area contributed by atoms with Crippen molar-refractivity contribution in [1.82, 2.24) is 19.9 Å². The number of nitrogens with zero attached hydrogens (tertiary/aromatic N) is 4. The van der Waals surface area contributed by atoms with Crippen molar-refractivity contribution in [2.24, 2.45) is 0 Å². The molecular formula is C7H10N4O2. The molecule has 6 nitrogen and oxygen atoms in total. The van der Waals surface area contributed by atoms with Gasteiger partial charge < -0.3 is 10.0 Å². The maximum atomic E-state index is 11.4. The van der Waals surface area contributed by atoms with E-state index in [1.54, 1.807) is 11.1 Å². The summed E-state index contributed by atoms with van der Waals surface area (Å²) in [4.78, 5) is 13.0. The first-order valence-corrected chi connectivity index (χ1v) is 4.05. The van der Waals surface area contributed by atoms with Crippen LogP contribution in [0.1, 0.15) is 0 Å². The lowest BCUT2D eigenvalue weighted by atomic mass is 10.2. The Morgan fingerprint density at radius 2 is 2.38 bits per heavy atom. The molecule has 13 heavy (non-hydrogen) atoms. The zero-order valence-corrected chi connectivity index (χ0v) is 7.00. The van der Waals surface area contributed by atoms with Gasteiger partial charge in [0.05, 0.1) is 12.3 Å². The smallest absolute Gasteiger partial charge is 0.244 e. The normalized spacial score (nSPS) is 17.2. The van der Waals surface area contributed by atoms with Crippen molar-refractivity contribution >= 4 is 5.91 Å². The first-order chi connectivity index (χ1) is 6.25. The fourth-order valence-electron chi connectivity index (χ4n) is 1.21. The van der Waals surface area contributed by atoms with E-state index in [9.17, 15) is 4.79 Å². The third-order valence-corrected chi connectivity index (χ3v) is 1.98. The van der Waals surface area contributed by atoms with Gasteiger partial charge in [-0.15, -0.1) is 5.10 Å². The van der Waals surface area contributed by atoms with E-state index >= 15 is 0 Å². The van der Waals surface area contributed by atoms with Crippen LogP contribution in [0.15, 0.2) is 12.4 Å². The molecule has 1 aromatic rings. The van der Waals surface area contributed by atoms with Gasteiger partial charge in [0.2, 0.25) is 5.91 Å². The van der Waals surface area contributed by atoms with Gasteiger partial charge in [0.1, 0.15) is 6.54 Å². The molecule has 0 unspecified atom stereocenters. The van der Waals surface area contributed by atoms with Crippen LogP contribution in [0.4, 0.5) is 0 Å². The second-order valence-electron chi connectivity index (χ2n) is 3.05. The third-order valence-electron chi connectivity index (χ3n) is 1.98. The molecule has 1 amide bonds. The standard InChI is InChI=1S/C7H10N4O2/c12-6-3-10(4-6)7(13)5-11-2-1-8-9-11/h1-2,6,12H,3-5H2. The van der Waals surface area contributed by atoms with E-state index in [1.807, 2.05) is 0 Å². The number of aromatic nitrogens is 3. The van der Waals surface area contributed by atoms with Crippen molar-refractivity contribution in [3.05, 3.63) is 12.4 Å². The minimum atomic E-state index is -0.348. The van der Waals surface area contributed by atoms with E-state index in [-0.39, 0.29) is 18.6 Å². The summed E-state index contributed by atoms with van der Waals surface area (Å²) in [6.07, 6.45) is 2.81. The highest BCUT2D eigenvalue weighted by atomic mass is 16.3. The SMILES string of the molecule is O=C(Cn1ccnn1)N1CC(O)C1. The van der Waals surface area contributed by atoms with Gasteiger partial charge in [0.25, 0.3) is 0 Å². The zero-order valence-electron chi connectivity index (χ0n) is 7.00. The summed E-state index contributed by atoms with van der Waals surface area (Å²) in [5.74, 6) is -0.0317. The number of β-amino-alcohol motifs (C(OH)–C–C–N with tert-alkyl or cyclic N) is 1. The molecule has 1 aromatic heterocycles. The predicted molar refractivity (Wildman–Crippen MR) is 42.6 cm³/mol. The van der Waals surface area contributed by atoms with Crippen LogP contribution in [-0.2, 0) is 11.3 Å². The molecule has 1 N–H and O–H groups in total. The number of rotatable bonds is 2. The molecule has 2 heterocycles. The van der Waals surface area contributed by atoms with Crippen molar-refractivity contribution in [3.8, 4) is 0 Å². The topological polar surface area (TPSA) is 71.2 Å². The van der Waals surface area contributed by atoms with Crippen LogP contribution in [-0.4, -0.2) is 50.1 Å². The summed E-state index contributed by atoms with van der Waals surface area (Å²) in [5.41, 5.74) is 0. The van der Waals surface area contributed by atoms with Crippen molar-refractivity contribution in [2.75, 3.05) is 13.1 Å². The van der Waals surface area contributed by atoms with Gasteiger partial charge in [-0.2, -0.15) is 0 Å². The first kappa shape index (κ1) is 8.18. The van der Waals surface area contributed by atoms with E-state index < -0.39 is 0 Å². The summed E-state index contributed by atoms with van der Waals surface area (Å²) in [6.45, 7) is 1.08. The minimum absolute atomic E-state index is 0.0317. The fraction of sp³-hybridized carbons (Fsp3) is 0.571. The van der Waals surface area contributed by atoms with Gasteiger partial charge in [0.15, 0.2) is 0 Å². The molecule has 1 aliphatic heterocycles. The molecule has 0 radical (unpaired) electrons. The van der Waals surface area contributed by atoms with Crippen LogP contribution in [0, 0.1) is 0 Å². The monoisotopic (exact) mass is 182 g/mol. The Hall–Kier alpha value is -1.43. The number of hydrogen-bond donors (Lipinski definition) is 1. The van der Waals surface area contributed by atoms with E-state index in [0.717, 1.165) is 0 Å². The van der Waals surface area contributed by atoms with E-state index in [0.29, 0.717) is 13.1 Å². The van der Waals surface area contributed by atoms with Crippen molar-refractivity contribution in [1.29, 1.82) is 0 Å². The van der Waals surface area contributed by atoms with Gasteiger partial charge in [-0.05, 0) is 0 Å². The molecule has 6 heteroatoms. The number of hydrogen-bond acceptors (Lipinski definition) is 4. The van der Waals surface area contributed by atoms with Gasteiger partial charge in [0, 0.05) is 19.3 Å². The molecule has 0 saturated carbocycles. The Morgan fingerprint density at radius 3 is 2.92 bits per heavy atom. The molecule has 0 atom stereocenters. The Morgan fingerprint density at radius 1 is 1.62 bits per heavy atom. The molecule has 1 saturated heterocycles. The average molecular weight is 182 g/mol. The van der Waals surface area contributed by atoms with Crippen molar-refractivity contribution in [2.45, 2.75) is 12.6 Å². The third kappa shape index (κ3) is 1.67. The maximum absolute atomic E-state index is 11.4. The van der Waals surface area contributed by atoms with Crippen LogP contribution in [0.3, 0.4) is 0 Å². The van der Waals surface area contributed by atoms with E-state index in [4.69, 9.17) is 5.11 Å². The molecular weight excluding hydrogens is 172 g/mol. The zero-order chi connectivity index (χ0) is 9.26. The van der Waals surface area contributed by atoms with Crippen molar-refractivity contribution < 1.29 is 9.90 Å². The summed E-state index contributed by atoms with van der Waals surface area (Å²) < 4.78 is 1.47. The highest BCUT2D eigenvalue weighted by Gasteiger charge is 2.28. The molecule has 0 spiro atoms. The largest absolute Gasteiger partial charge is 0.389 e. The van der Waals surface area contributed by atoms with E-state index in [1.165, 1.54) is 10.9 Å². The first-order valence-electron chi connectivity index (χ1n) is 4.05. The summed E-state index contributed by atoms with van der Waals surface area (Å²) in [5, 5.41) is 16.2. The van der Waals surface area contributed by atoms with Gasteiger partial charge >= 0.3 is 0 Å². The number of carbonyl (C=O) groups excluding carboxylic acids is 1. The summed E-state index contributed by atoms with van der Waals surface area (Å²) in [6, 6.07) is 0. The van der Waals surface area contributed by atoms with Gasteiger partial charge in [-0.3, -0.25) is 4.79 Å². The molecule has 0 aromatic carbocycles. The molecule has 0 aliphatic carbocycles.